The molecular weight excluding hydrogens is 192 g/mol. The lowest BCUT2D eigenvalue weighted by atomic mass is 9.64. The maximum Gasteiger partial charge on any atom is -0.0326 e. The molecule has 0 N–H and O–H groups in total. The molecule has 0 spiro atoms. The molecular formula is C16H28. The van der Waals surface area contributed by atoms with Gasteiger partial charge in [-0.2, -0.15) is 0 Å². The van der Waals surface area contributed by atoms with E-state index in [1.54, 1.807) is 44.9 Å². The Hall–Kier alpha value is 0. The second-order valence-corrected chi connectivity index (χ2v) is 7.25. The molecule has 3 aliphatic rings. The van der Waals surface area contributed by atoms with E-state index in [4.69, 9.17) is 0 Å². The summed E-state index contributed by atoms with van der Waals surface area (Å²) in [5.41, 5.74) is 0. The first kappa shape index (κ1) is 11.1. The molecule has 3 rings (SSSR count). The van der Waals surface area contributed by atoms with Gasteiger partial charge in [0.2, 0.25) is 0 Å². The molecule has 0 heterocycles. The Balaban J connectivity index is 1.76. The van der Waals surface area contributed by atoms with Crippen LogP contribution in [0.4, 0.5) is 0 Å². The fourth-order valence-corrected chi connectivity index (χ4v) is 5.52. The van der Waals surface area contributed by atoms with E-state index in [1.807, 2.05) is 0 Å². The smallest absolute Gasteiger partial charge is 0.0326 e. The second-order valence-electron chi connectivity index (χ2n) is 7.25. The molecule has 0 aromatic carbocycles. The topological polar surface area (TPSA) is 0 Å². The van der Waals surface area contributed by atoms with Crippen molar-refractivity contribution >= 4 is 0 Å². The van der Waals surface area contributed by atoms with Crippen molar-refractivity contribution in [3.05, 3.63) is 0 Å². The SMILES string of the molecule is CC(C)CC1CC2CCCC3CCCC1C32. The maximum atomic E-state index is 2.42. The van der Waals surface area contributed by atoms with Gasteiger partial charge in [0.25, 0.3) is 0 Å². The summed E-state index contributed by atoms with van der Waals surface area (Å²) in [6.45, 7) is 4.84. The van der Waals surface area contributed by atoms with Crippen molar-refractivity contribution in [3.63, 3.8) is 0 Å². The minimum absolute atomic E-state index is 0.922. The van der Waals surface area contributed by atoms with Crippen LogP contribution in [-0.4, -0.2) is 0 Å². The van der Waals surface area contributed by atoms with Crippen LogP contribution in [0, 0.1) is 35.5 Å². The van der Waals surface area contributed by atoms with Gasteiger partial charge in [-0.1, -0.05) is 46.0 Å². The number of rotatable bonds is 2. The van der Waals surface area contributed by atoms with Crippen molar-refractivity contribution in [2.75, 3.05) is 0 Å². The van der Waals surface area contributed by atoms with E-state index in [0.29, 0.717) is 0 Å². The van der Waals surface area contributed by atoms with E-state index in [0.717, 1.165) is 29.6 Å². The average molecular weight is 220 g/mol. The average Bonchev–Trinajstić information content (AvgIpc) is 2.59. The van der Waals surface area contributed by atoms with Gasteiger partial charge in [0.1, 0.15) is 0 Å². The first-order chi connectivity index (χ1) is 7.75. The Kier molecular flexibility index (Phi) is 3.02. The zero-order valence-electron chi connectivity index (χ0n) is 11.1. The summed E-state index contributed by atoms with van der Waals surface area (Å²) in [7, 11) is 0. The highest BCUT2D eigenvalue weighted by molar-refractivity contribution is 4.98. The summed E-state index contributed by atoms with van der Waals surface area (Å²) in [6.07, 6.45) is 12.5. The zero-order valence-corrected chi connectivity index (χ0v) is 11.1. The molecule has 0 nitrogen and oxygen atoms in total. The Bertz CT molecular complexity index is 240. The largest absolute Gasteiger partial charge is 0.0628 e. The highest BCUT2D eigenvalue weighted by atomic mass is 14.5. The van der Waals surface area contributed by atoms with Crippen LogP contribution in [0.5, 0.6) is 0 Å². The van der Waals surface area contributed by atoms with E-state index in [-0.39, 0.29) is 0 Å². The molecule has 0 bridgehead atoms. The van der Waals surface area contributed by atoms with Gasteiger partial charge in [0.15, 0.2) is 0 Å². The second kappa shape index (κ2) is 4.35. The van der Waals surface area contributed by atoms with Crippen molar-refractivity contribution < 1.29 is 0 Å². The van der Waals surface area contributed by atoms with E-state index in [9.17, 15) is 0 Å². The van der Waals surface area contributed by atoms with Gasteiger partial charge in [-0.25, -0.2) is 0 Å². The molecule has 3 fully saturated rings. The fourth-order valence-electron chi connectivity index (χ4n) is 5.52. The summed E-state index contributed by atoms with van der Waals surface area (Å²) < 4.78 is 0. The molecule has 0 aliphatic heterocycles. The third-order valence-corrected chi connectivity index (χ3v) is 5.83. The fraction of sp³-hybridized carbons (Fsp3) is 1.00. The Labute approximate surface area is 101 Å². The van der Waals surface area contributed by atoms with Gasteiger partial charge < -0.3 is 0 Å². The van der Waals surface area contributed by atoms with Crippen LogP contribution >= 0.6 is 0 Å². The third kappa shape index (κ3) is 1.83. The summed E-state index contributed by atoms with van der Waals surface area (Å²) in [5, 5.41) is 0. The van der Waals surface area contributed by atoms with E-state index >= 15 is 0 Å². The van der Waals surface area contributed by atoms with Crippen molar-refractivity contribution in [3.8, 4) is 0 Å². The summed E-state index contributed by atoms with van der Waals surface area (Å²) >= 11 is 0. The van der Waals surface area contributed by atoms with Gasteiger partial charge in [0.05, 0.1) is 0 Å². The lowest BCUT2D eigenvalue weighted by Gasteiger charge is -2.41. The maximum absolute atomic E-state index is 2.42. The van der Waals surface area contributed by atoms with Gasteiger partial charge in [-0.3, -0.25) is 0 Å². The lowest BCUT2D eigenvalue weighted by Crippen LogP contribution is -2.33. The summed E-state index contributed by atoms with van der Waals surface area (Å²) in [6, 6.07) is 0. The minimum atomic E-state index is 0.922. The highest BCUT2D eigenvalue weighted by Gasteiger charge is 2.48. The van der Waals surface area contributed by atoms with Crippen molar-refractivity contribution in [1.29, 1.82) is 0 Å². The van der Waals surface area contributed by atoms with Crippen LogP contribution in [0.1, 0.15) is 65.2 Å². The van der Waals surface area contributed by atoms with E-state index in [1.165, 1.54) is 12.3 Å². The molecule has 5 unspecified atom stereocenters. The minimum Gasteiger partial charge on any atom is -0.0628 e. The first-order valence-electron chi connectivity index (χ1n) is 7.75. The molecule has 0 heteroatoms. The van der Waals surface area contributed by atoms with E-state index < -0.39 is 0 Å². The van der Waals surface area contributed by atoms with Crippen molar-refractivity contribution in [2.45, 2.75) is 65.2 Å². The molecule has 92 valence electrons. The van der Waals surface area contributed by atoms with Gasteiger partial charge in [-0.05, 0) is 54.8 Å². The molecule has 3 saturated carbocycles. The molecule has 5 atom stereocenters. The number of hydrogen-bond acceptors (Lipinski definition) is 0. The van der Waals surface area contributed by atoms with Crippen LogP contribution in [0.2, 0.25) is 0 Å². The van der Waals surface area contributed by atoms with Gasteiger partial charge >= 0.3 is 0 Å². The molecule has 0 amide bonds. The molecule has 0 aromatic heterocycles. The highest BCUT2D eigenvalue weighted by Crippen LogP contribution is 2.57. The molecule has 16 heavy (non-hydrogen) atoms. The predicted octanol–water partition coefficient (Wildman–Crippen LogP) is 4.89. The quantitative estimate of drug-likeness (QED) is 0.622. The molecule has 0 aromatic rings. The van der Waals surface area contributed by atoms with Crippen molar-refractivity contribution in [1.82, 2.24) is 0 Å². The van der Waals surface area contributed by atoms with E-state index in [2.05, 4.69) is 13.8 Å². The van der Waals surface area contributed by atoms with Crippen LogP contribution in [-0.2, 0) is 0 Å². The zero-order chi connectivity index (χ0) is 11.1. The van der Waals surface area contributed by atoms with Crippen LogP contribution < -0.4 is 0 Å². The van der Waals surface area contributed by atoms with Crippen LogP contribution in [0.25, 0.3) is 0 Å². The predicted molar refractivity (Wildman–Crippen MR) is 69.2 cm³/mol. The first-order valence-corrected chi connectivity index (χ1v) is 7.75. The molecule has 3 aliphatic carbocycles. The molecule has 0 saturated heterocycles. The summed E-state index contributed by atoms with van der Waals surface area (Å²) in [5.74, 6) is 6.64. The Morgan fingerprint density at radius 3 is 2.38 bits per heavy atom. The summed E-state index contributed by atoms with van der Waals surface area (Å²) in [4.78, 5) is 0. The lowest BCUT2D eigenvalue weighted by molar-refractivity contribution is 0.0829. The van der Waals surface area contributed by atoms with Crippen LogP contribution in [0.15, 0.2) is 0 Å². The Morgan fingerprint density at radius 1 is 0.938 bits per heavy atom. The third-order valence-electron chi connectivity index (χ3n) is 5.83. The van der Waals surface area contributed by atoms with Crippen molar-refractivity contribution in [2.24, 2.45) is 35.5 Å². The standard InChI is InChI=1S/C16H28/c1-11(2)9-14-10-13-7-3-5-12-6-4-8-15(14)16(12)13/h11-16H,3-10H2,1-2H3. The Morgan fingerprint density at radius 2 is 1.62 bits per heavy atom. The van der Waals surface area contributed by atoms with Gasteiger partial charge in [-0.15, -0.1) is 0 Å². The monoisotopic (exact) mass is 220 g/mol. The van der Waals surface area contributed by atoms with Crippen LogP contribution in [0.3, 0.4) is 0 Å². The van der Waals surface area contributed by atoms with Gasteiger partial charge in [0, 0.05) is 0 Å². The normalized spacial score (nSPS) is 47.1. The number of hydrogen-bond donors (Lipinski definition) is 0. The molecule has 0 radical (unpaired) electrons.